The molecule has 0 aromatic heterocycles. The quantitative estimate of drug-likeness (QED) is 0.592. The van der Waals surface area contributed by atoms with Crippen molar-refractivity contribution in [1.82, 2.24) is 15.1 Å². The summed E-state index contributed by atoms with van der Waals surface area (Å²) in [6.45, 7) is 1.77. The highest BCUT2D eigenvalue weighted by Gasteiger charge is 2.49. The number of nitrogens with one attached hydrogen (secondary N) is 1. The molecule has 150 valence electrons. The lowest BCUT2D eigenvalue weighted by Gasteiger charge is -2.34. The van der Waals surface area contributed by atoms with Crippen LogP contribution in [0.25, 0.3) is 0 Å². The van der Waals surface area contributed by atoms with Crippen LogP contribution in [0.2, 0.25) is 0 Å². The molecule has 0 unspecified atom stereocenters. The third-order valence-corrected chi connectivity index (χ3v) is 5.43. The summed E-state index contributed by atoms with van der Waals surface area (Å²) in [7, 11) is 1.57. The minimum atomic E-state index is -0.928. The Labute approximate surface area is 163 Å². The molecule has 8 nitrogen and oxygen atoms in total. The van der Waals surface area contributed by atoms with Gasteiger partial charge in [0.1, 0.15) is 12.3 Å². The molecule has 28 heavy (non-hydrogen) atoms. The molecule has 1 aromatic carbocycles. The van der Waals surface area contributed by atoms with Crippen LogP contribution in [-0.4, -0.2) is 53.2 Å². The molecule has 1 saturated heterocycles. The van der Waals surface area contributed by atoms with Crippen LogP contribution in [0.5, 0.6) is 5.75 Å². The van der Waals surface area contributed by atoms with Crippen LogP contribution in [0.1, 0.15) is 38.2 Å². The summed E-state index contributed by atoms with van der Waals surface area (Å²) in [6, 6.07) is 6.20. The van der Waals surface area contributed by atoms with Crippen molar-refractivity contribution >= 4 is 23.8 Å². The summed E-state index contributed by atoms with van der Waals surface area (Å²) >= 11 is 0. The predicted molar refractivity (Wildman–Crippen MR) is 100 cm³/mol. The molecule has 1 saturated carbocycles. The van der Waals surface area contributed by atoms with E-state index in [2.05, 4.69) is 5.32 Å². The minimum Gasteiger partial charge on any atom is -0.497 e. The molecule has 1 N–H and O–H groups in total. The van der Waals surface area contributed by atoms with Gasteiger partial charge in [0.2, 0.25) is 5.91 Å². The molecule has 0 bridgehead atoms. The van der Waals surface area contributed by atoms with Crippen molar-refractivity contribution in [3.63, 3.8) is 0 Å². The Morgan fingerprint density at radius 3 is 2.43 bits per heavy atom. The summed E-state index contributed by atoms with van der Waals surface area (Å²) in [4.78, 5) is 51.3. The maximum absolute atomic E-state index is 12.7. The van der Waals surface area contributed by atoms with Crippen LogP contribution >= 0.6 is 0 Å². The highest BCUT2D eigenvalue weighted by molar-refractivity contribution is 6.45. The number of benzene rings is 1. The number of amides is 5. The third kappa shape index (κ3) is 4.00. The van der Waals surface area contributed by atoms with Gasteiger partial charge in [-0.05, 0) is 36.5 Å². The second-order valence-corrected chi connectivity index (χ2v) is 7.30. The smallest absolute Gasteiger partial charge is 0.334 e. The average molecular weight is 387 g/mol. The second kappa shape index (κ2) is 8.41. The molecule has 2 aliphatic rings. The number of urea groups is 1. The van der Waals surface area contributed by atoms with E-state index in [1.54, 1.807) is 31.4 Å². The molecule has 3 rings (SSSR count). The zero-order chi connectivity index (χ0) is 20.3. The number of carbonyl (C=O) groups is 4. The van der Waals surface area contributed by atoms with Gasteiger partial charge in [0.05, 0.1) is 7.11 Å². The van der Waals surface area contributed by atoms with Crippen molar-refractivity contribution in [1.29, 1.82) is 0 Å². The first kappa shape index (κ1) is 19.9. The number of carbonyl (C=O) groups excluding carboxylic acids is 4. The third-order valence-electron chi connectivity index (χ3n) is 5.43. The van der Waals surface area contributed by atoms with Gasteiger partial charge in [-0.3, -0.25) is 19.3 Å². The predicted octanol–water partition coefficient (Wildman–Crippen LogP) is 1.68. The molecule has 0 radical (unpaired) electrons. The van der Waals surface area contributed by atoms with Crippen LogP contribution in [0, 0.1) is 5.92 Å². The van der Waals surface area contributed by atoms with E-state index in [0.717, 1.165) is 34.6 Å². The van der Waals surface area contributed by atoms with Gasteiger partial charge in [-0.2, -0.15) is 0 Å². The Morgan fingerprint density at radius 2 is 1.79 bits per heavy atom. The van der Waals surface area contributed by atoms with E-state index in [-0.39, 0.29) is 18.5 Å². The van der Waals surface area contributed by atoms with Crippen molar-refractivity contribution in [3.8, 4) is 5.75 Å². The number of nitrogens with zero attached hydrogens (tertiary/aromatic N) is 2. The maximum atomic E-state index is 12.7. The fraction of sp³-hybridized carbons (Fsp3) is 0.500. The minimum absolute atomic E-state index is 0.151. The number of hydrogen-bond acceptors (Lipinski definition) is 5. The van der Waals surface area contributed by atoms with Crippen molar-refractivity contribution in [2.45, 2.75) is 45.2 Å². The van der Waals surface area contributed by atoms with Crippen LogP contribution < -0.4 is 10.1 Å². The molecular weight excluding hydrogens is 362 g/mol. The van der Waals surface area contributed by atoms with Crippen LogP contribution in [0.15, 0.2) is 24.3 Å². The van der Waals surface area contributed by atoms with Gasteiger partial charge >= 0.3 is 17.8 Å². The summed E-state index contributed by atoms with van der Waals surface area (Å²) in [6.07, 6.45) is 3.59. The normalized spacial score (nSPS) is 22.6. The lowest BCUT2D eigenvalue weighted by molar-refractivity contribution is -0.145. The first-order chi connectivity index (χ1) is 13.4. The topological polar surface area (TPSA) is 96.0 Å². The zero-order valence-electron chi connectivity index (χ0n) is 16.1. The van der Waals surface area contributed by atoms with Gasteiger partial charge in [-0.25, -0.2) is 9.69 Å². The summed E-state index contributed by atoms with van der Waals surface area (Å²) < 4.78 is 5.08. The average Bonchev–Trinajstić information content (AvgIpc) is 2.91. The number of rotatable bonds is 6. The van der Waals surface area contributed by atoms with Gasteiger partial charge in [-0.1, -0.05) is 31.9 Å². The first-order valence-corrected chi connectivity index (χ1v) is 9.51. The Morgan fingerprint density at radius 1 is 1.11 bits per heavy atom. The molecule has 0 spiro atoms. The Hall–Kier alpha value is -2.90. The number of imide groups is 2. The SMILES string of the molecule is COc1ccc(CNC(=O)CN2C(=O)C(=O)N([C@@H]3CCCC[C@@H]3C)C2=O)cc1. The van der Waals surface area contributed by atoms with Crippen LogP contribution in [0.3, 0.4) is 0 Å². The summed E-state index contributed by atoms with van der Waals surface area (Å²) in [5, 5.41) is 2.67. The fourth-order valence-electron chi connectivity index (χ4n) is 3.78. The largest absolute Gasteiger partial charge is 0.497 e. The molecule has 1 aliphatic heterocycles. The summed E-state index contributed by atoms with van der Waals surface area (Å²) in [5.41, 5.74) is 0.849. The molecular formula is C20H25N3O5. The van der Waals surface area contributed by atoms with E-state index in [1.807, 2.05) is 6.92 Å². The van der Waals surface area contributed by atoms with Gasteiger partial charge < -0.3 is 10.1 Å². The summed E-state index contributed by atoms with van der Waals surface area (Å²) in [5.74, 6) is -1.39. The molecule has 2 fully saturated rings. The van der Waals surface area contributed by atoms with Crippen LogP contribution in [0.4, 0.5) is 4.79 Å². The monoisotopic (exact) mass is 387 g/mol. The molecule has 1 heterocycles. The van der Waals surface area contributed by atoms with Gasteiger partial charge in [0.15, 0.2) is 0 Å². The second-order valence-electron chi connectivity index (χ2n) is 7.30. The lowest BCUT2D eigenvalue weighted by atomic mass is 9.85. The Balaban J connectivity index is 1.59. The molecule has 5 amide bonds. The zero-order valence-corrected chi connectivity index (χ0v) is 16.1. The van der Waals surface area contributed by atoms with Gasteiger partial charge in [-0.15, -0.1) is 0 Å². The standard InChI is InChI=1S/C20H25N3O5/c1-13-5-3-4-6-16(13)23-19(26)18(25)22(20(23)27)12-17(24)21-11-14-7-9-15(28-2)10-8-14/h7-10,13,16H,3-6,11-12H2,1-2H3,(H,21,24)/t13-,16+/m0/s1. The van der Waals surface area contributed by atoms with Crippen molar-refractivity contribution in [2.24, 2.45) is 5.92 Å². The van der Waals surface area contributed by atoms with E-state index in [9.17, 15) is 19.2 Å². The maximum Gasteiger partial charge on any atom is 0.334 e. The van der Waals surface area contributed by atoms with Crippen LogP contribution in [-0.2, 0) is 20.9 Å². The Kier molecular flexibility index (Phi) is 5.96. The highest BCUT2D eigenvalue weighted by Crippen LogP contribution is 2.31. The van der Waals surface area contributed by atoms with Gasteiger partial charge in [0.25, 0.3) is 0 Å². The van der Waals surface area contributed by atoms with E-state index in [1.165, 1.54) is 0 Å². The van der Waals surface area contributed by atoms with Crippen molar-refractivity contribution < 1.29 is 23.9 Å². The Bertz CT molecular complexity index is 777. The van der Waals surface area contributed by atoms with E-state index in [4.69, 9.17) is 4.74 Å². The first-order valence-electron chi connectivity index (χ1n) is 9.51. The number of hydrogen-bond donors (Lipinski definition) is 1. The fourth-order valence-corrected chi connectivity index (χ4v) is 3.78. The number of ether oxygens (including phenoxy) is 1. The molecule has 8 heteroatoms. The highest BCUT2D eigenvalue weighted by atomic mass is 16.5. The van der Waals surface area contributed by atoms with E-state index >= 15 is 0 Å². The van der Waals surface area contributed by atoms with E-state index in [0.29, 0.717) is 12.2 Å². The number of methoxy groups -OCH3 is 1. The van der Waals surface area contributed by atoms with E-state index < -0.39 is 30.3 Å². The van der Waals surface area contributed by atoms with Crippen molar-refractivity contribution in [3.05, 3.63) is 29.8 Å². The van der Waals surface area contributed by atoms with Crippen molar-refractivity contribution in [2.75, 3.05) is 13.7 Å². The molecule has 1 aromatic rings. The molecule has 2 atom stereocenters. The van der Waals surface area contributed by atoms with Gasteiger partial charge in [0, 0.05) is 12.6 Å². The lowest BCUT2D eigenvalue weighted by Crippen LogP contribution is -2.47. The molecule has 1 aliphatic carbocycles.